The molecule has 3 aromatic rings. The lowest BCUT2D eigenvalue weighted by Gasteiger charge is -2.28. The number of hydrogen-bond acceptors (Lipinski definition) is 3. The third-order valence-electron chi connectivity index (χ3n) is 3.94. The highest BCUT2D eigenvalue weighted by Gasteiger charge is 2.40. The van der Waals surface area contributed by atoms with E-state index < -0.39 is 8.56 Å². The van der Waals surface area contributed by atoms with Crippen LogP contribution >= 0.6 is 0 Å². The topological polar surface area (TPSA) is 27.7 Å². The van der Waals surface area contributed by atoms with Crippen molar-refractivity contribution < 1.29 is 13.6 Å². The molecule has 0 fully saturated rings. The summed E-state index contributed by atoms with van der Waals surface area (Å²) in [4.78, 5) is 0. The summed E-state index contributed by atoms with van der Waals surface area (Å²) >= 11 is 0. The molecular formula is C20H20O3Si. The summed E-state index contributed by atoms with van der Waals surface area (Å²) in [6.07, 6.45) is 0. The van der Waals surface area contributed by atoms with Gasteiger partial charge in [-0.15, -0.1) is 0 Å². The predicted molar refractivity (Wildman–Crippen MR) is 98.4 cm³/mol. The molecule has 0 bridgehead atoms. The van der Waals surface area contributed by atoms with E-state index in [1.54, 1.807) is 14.2 Å². The van der Waals surface area contributed by atoms with Gasteiger partial charge in [0.15, 0.2) is 0 Å². The smallest absolute Gasteiger partial charge is 0.406 e. The lowest BCUT2D eigenvalue weighted by molar-refractivity contribution is 0.272. The van der Waals surface area contributed by atoms with Crippen molar-refractivity contribution in [1.29, 1.82) is 0 Å². The summed E-state index contributed by atoms with van der Waals surface area (Å²) < 4.78 is 17.6. The molecule has 0 spiro atoms. The molecule has 3 nitrogen and oxygen atoms in total. The minimum absolute atomic E-state index is 0.785. The summed E-state index contributed by atoms with van der Waals surface area (Å²) in [7, 11) is 0.745. The molecule has 0 amide bonds. The molecule has 0 aliphatic heterocycles. The van der Waals surface area contributed by atoms with Gasteiger partial charge in [-0.3, -0.25) is 0 Å². The summed E-state index contributed by atoms with van der Waals surface area (Å²) in [6, 6.07) is 27.8. The minimum atomic E-state index is -2.67. The van der Waals surface area contributed by atoms with Crippen LogP contribution in [-0.2, 0) is 8.85 Å². The molecule has 0 heterocycles. The zero-order chi connectivity index (χ0) is 16.8. The van der Waals surface area contributed by atoms with Crippen molar-refractivity contribution in [2.45, 2.75) is 0 Å². The average Bonchev–Trinajstić information content (AvgIpc) is 2.66. The van der Waals surface area contributed by atoms with Crippen molar-refractivity contribution in [2.24, 2.45) is 0 Å². The van der Waals surface area contributed by atoms with E-state index >= 15 is 0 Å². The maximum absolute atomic E-state index is 5.89. The second kappa shape index (κ2) is 7.44. The molecule has 0 atom stereocenters. The normalized spacial score (nSPS) is 11.2. The number of rotatable bonds is 6. The predicted octanol–water partition coefficient (Wildman–Crippen LogP) is 3.33. The Hall–Kier alpha value is -2.40. The van der Waals surface area contributed by atoms with Gasteiger partial charge in [-0.1, -0.05) is 60.7 Å². The van der Waals surface area contributed by atoms with Gasteiger partial charge in [-0.2, -0.15) is 0 Å². The van der Waals surface area contributed by atoms with Crippen LogP contribution in [0.4, 0.5) is 0 Å². The lowest BCUT2D eigenvalue weighted by atomic mass is 10.3. The number of ether oxygens (including phenoxy) is 1. The second-order valence-corrected chi connectivity index (χ2v) is 8.53. The maximum Gasteiger partial charge on any atom is 0.406 e. The Labute approximate surface area is 143 Å². The zero-order valence-electron chi connectivity index (χ0n) is 13.8. The van der Waals surface area contributed by atoms with E-state index in [9.17, 15) is 0 Å². The van der Waals surface area contributed by atoms with E-state index in [1.807, 2.05) is 84.9 Å². The molecule has 4 heteroatoms. The van der Waals surface area contributed by atoms with Crippen LogP contribution in [0, 0.1) is 0 Å². The van der Waals surface area contributed by atoms with Gasteiger partial charge < -0.3 is 13.6 Å². The van der Waals surface area contributed by atoms with Gasteiger partial charge in [0.2, 0.25) is 0 Å². The zero-order valence-corrected chi connectivity index (χ0v) is 14.8. The fraction of sp³-hybridized carbons (Fsp3) is 0.100. The van der Waals surface area contributed by atoms with Gasteiger partial charge in [0.05, 0.1) is 0 Å². The van der Waals surface area contributed by atoms with Crippen molar-refractivity contribution in [3.63, 3.8) is 0 Å². The van der Waals surface area contributed by atoms with E-state index in [0.717, 1.165) is 21.9 Å². The van der Waals surface area contributed by atoms with E-state index in [0.29, 0.717) is 0 Å². The molecule has 0 radical (unpaired) electrons. The van der Waals surface area contributed by atoms with Gasteiger partial charge in [-0.25, -0.2) is 0 Å². The van der Waals surface area contributed by atoms with Crippen LogP contribution in [0.1, 0.15) is 0 Å². The van der Waals surface area contributed by atoms with Crippen LogP contribution in [0.25, 0.3) is 0 Å². The number of para-hydroxylation sites is 1. The first-order chi connectivity index (χ1) is 11.8. The largest absolute Gasteiger partial charge is 0.457 e. The molecule has 0 unspecified atom stereocenters. The Morgan fingerprint density at radius 2 is 1.00 bits per heavy atom. The van der Waals surface area contributed by atoms with Gasteiger partial charge >= 0.3 is 8.56 Å². The molecule has 0 aliphatic carbocycles. The van der Waals surface area contributed by atoms with Gasteiger partial charge in [-0.05, 0) is 34.6 Å². The molecular weight excluding hydrogens is 316 g/mol. The third kappa shape index (κ3) is 3.26. The van der Waals surface area contributed by atoms with Crippen LogP contribution in [-0.4, -0.2) is 22.8 Å². The number of benzene rings is 3. The third-order valence-corrected chi connectivity index (χ3v) is 7.28. The van der Waals surface area contributed by atoms with Crippen molar-refractivity contribution in [3.05, 3.63) is 84.9 Å². The van der Waals surface area contributed by atoms with Crippen molar-refractivity contribution in [2.75, 3.05) is 14.2 Å². The van der Waals surface area contributed by atoms with Crippen LogP contribution in [0.2, 0.25) is 0 Å². The fourth-order valence-corrected chi connectivity index (χ4v) is 5.43. The van der Waals surface area contributed by atoms with Crippen molar-refractivity contribution in [3.8, 4) is 11.5 Å². The highest BCUT2D eigenvalue weighted by atomic mass is 28.4. The SMILES string of the molecule is CO[Si](OC)(c1ccccc1)c1ccc(Oc2ccccc2)cc1. The van der Waals surface area contributed by atoms with Crippen LogP contribution in [0.3, 0.4) is 0 Å². The van der Waals surface area contributed by atoms with Crippen molar-refractivity contribution in [1.82, 2.24) is 0 Å². The maximum atomic E-state index is 5.89. The van der Waals surface area contributed by atoms with E-state index in [2.05, 4.69) is 0 Å². The lowest BCUT2D eigenvalue weighted by Crippen LogP contribution is -2.62. The Morgan fingerprint density at radius 1 is 0.542 bits per heavy atom. The monoisotopic (exact) mass is 336 g/mol. The second-order valence-electron chi connectivity index (χ2n) is 5.33. The fourth-order valence-electron chi connectivity index (χ4n) is 2.75. The minimum Gasteiger partial charge on any atom is -0.457 e. The highest BCUT2D eigenvalue weighted by molar-refractivity contribution is 6.92. The Kier molecular flexibility index (Phi) is 5.10. The first kappa shape index (κ1) is 16.5. The van der Waals surface area contributed by atoms with Crippen LogP contribution in [0.15, 0.2) is 84.9 Å². The summed E-state index contributed by atoms with van der Waals surface area (Å²) in [5.74, 6) is 1.60. The first-order valence-corrected chi connectivity index (χ1v) is 9.59. The standard InChI is InChI=1S/C20H20O3Si/c1-21-24(22-2,19-11-7-4-8-12-19)20-15-13-18(14-16-20)23-17-9-5-3-6-10-17/h3-16H,1-2H3. The van der Waals surface area contributed by atoms with Crippen molar-refractivity contribution >= 4 is 18.9 Å². The van der Waals surface area contributed by atoms with E-state index in [-0.39, 0.29) is 0 Å². The Bertz CT molecular complexity index is 754. The van der Waals surface area contributed by atoms with Gasteiger partial charge in [0.1, 0.15) is 11.5 Å². The molecule has 3 rings (SSSR count). The van der Waals surface area contributed by atoms with Gasteiger partial charge in [0, 0.05) is 14.2 Å². The molecule has 0 saturated carbocycles. The van der Waals surface area contributed by atoms with E-state index in [1.165, 1.54) is 0 Å². The molecule has 24 heavy (non-hydrogen) atoms. The Balaban J connectivity index is 1.90. The molecule has 0 N–H and O–H groups in total. The van der Waals surface area contributed by atoms with Crippen LogP contribution < -0.4 is 15.1 Å². The number of hydrogen-bond donors (Lipinski definition) is 0. The summed E-state index contributed by atoms with van der Waals surface area (Å²) in [5.41, 5.74) is 0. The first-order valence-electron chi connectivity index (χ1n) is 7.78. The summed E-state index contributed by atoms with van der Waals surface area (Å²) in [6.45, 7) is 0. The molecule has 3 aromatic carbocycles. The average molecular weight is 336 g/mol. The van der Waals surface area contributed by atoms with Gasteiger partial charge in [0.25, 0.3) is 0 Å². The summed E-state index contributed by atoms with van der Waals surface area (Å²) in [5, 5.41) is 2.12. The molecule has 122 valence electrons. The molecule has 0 aliphatic rings. The quantitative estimate of drug-likeness (QED) is 0.646. The highest BCUT2D eigenvalue weighted by Crippen LogP contribution is 2.20. The van der Waals surface area contributed by atoms with Crippen LogP contribution in [0.5, 0.6) is 11.5 Å². The Morgan fingerprint density at radius 3 is 1.54 bits per heavy atom. The van der Waals surface area contributed by atoms with E-state index in [4.69, 9.17) is 13.6 Å². The molecule has 0 aromatic heterocycles. The molecule has 0 saturated heterocycles.